The van der Waals surface area contributed by atoms with Crippen molar-refractivity contribution in [3.63, 3.8) is 0 Å². The van der Waals surface area contributed by atoms with Gasteiger partial charge in [-0.3, -0.25) is 4.57 Å². The monoisotopic (exact) mass is 418 g/mol. The number of esters is 1. The molecule has 1 N–H and O–H groups in total. The van der Waals surface area contributed by atoms with Gasteiger partial charge >= 0.3 is 18.0 Å². The smallest absolute Gasteiger partial charge is 0.358 e. The largest absolute Gasteiger partial charge is 0.465 e. The number of nitrogens with zero attached hydrogens (tertiary/aromatic N) is 3. The van der Waals surface area contributed by atoms with Gasteiger partial charge in [0.25, 0.3) is 10.0 Å². The minimum Gasteiger partial charge on any atom is -0.465 e. The van der Waals surface area contributed by atoms with Crippen LogP contribution >= 0.6 is 12.2 Å². The summed E-state index contributed by atoms with van der Waals surface area (Å²) in [4.78, 5) is 23.0. The first-order chi connectivity index (χ1) is 12.6. The van der Waals surface area contributed by atoms with Crippen LogP contribution in [-0.4, -0.2) is 48.5 Å². The van der Waals surface area contributed by atoms with Gasteiger partial charge in [0.05, 0.1) is 19.3 Å². The minimum atomic E-state index is -4.79. The van der Waals surface area contributed by atoms with E-state index in [9.17, 15) is 22.4 Å². The van der Waals surface area contributed by atoms with E-state index in [2.05, 4.69) is 9.84 Å². The summed E-state index contributed by atoms with van der Waals surface area (Å²) < 4.78 is 52.0. The Kier molecular flexibility index (Phi) is 5.95. The molecule has 1 heterocycles. The molecule has 2 aromatic rings. The van der Waals surface area contributed by atoms with Gasteiger partial charge in [-0.2, -0.15) is 0 Å². The van der Waals surface area contributed by atoms with Crippen LogP contribution in [0.25, 0.3) is 0 Å². The Labute approximate surface area is 158 Å². The Morgan fingerprint density at radius 2 is 2.04 bits per heavy atom. The zero-order valence-electron chi connectivity index (χ0n) is 14.4. The molecule has 1 amide bonds. The van der Waals surface area contributed by atoms with Gasteiger partial charge in [-0.05, 0) is 31.3 Å². The SMILES string of the molecule is CCOc1nn(C(=O)NS(=O)(=O)c2c(F)cccc2C(=O)OC)c(=S)n1C. The van der Waals surface area contributed by atoms with E-state index in [-0.39, 0.29) is 17.4 Å². The molecule has 0 saturated carbocycles. The summed E-state index contributed by atoms with van der Waals surface area (Å²) >= 11 is 5.00. The van der Waals surface area contributed by atoms with Crippen molar-refractivity contribution in [3.05, 3.63) is 34.4 Å². The van der Waals surface area contributed by atoms with E-state index in [1.54, 1.807) is 11.6 Å². The molecule has 10 nitrogen and oxygen atoms in total. The first-order valence-corrected chi connectivity index (χ1v) is 9.26. The second-order valence-electron chi connectivity index (χ2n) is 4.99. The van der Waals surface area contributed by atoms with Gasteiger partial charge < -0.3 is 9.47 Å². The highest BCUT2D eigenvalue weighted by atomic mass is 32.2. The standard InChI is InChI=1S/C14H15FN4O6S2/c1-4-25-13-16-19(14(26)18(13)2)12(21)17-27(22,23)10-8(11(20)24-3)6-5-7-9(10)15/h5-7H,4H2,1-3H3,(H,17,21). The first-order valence-electron chi connectivity index (χ1n) is 7.36. The number of amides is 1. The average molecular weight is 418 g/mol. The number of hydrogen-bond acceptors (Lipinski definition) is 8. The van der Waals surface area contributed by atoms with Gasteiger partial charge in [0.2, 0.25) is 4.77 Å². The van der Waals surface area contributed by atoms with Crippen molar-refractivity contribution >= 4 is 34.2 Å². The maximum absolute atomic E-state index is 14.1. The first kappa shape index (κ1) is 20.5. The number of methoxy groups -OCH3 is 1. The topological polar surface area (TPSA) is 122 Å². The van der Waals surface area contributed by atoms with Gasteiger partial charge in [0, 0.05) is 7.05 Å². The van der Waals surface area contributed by atoms with Crippen LogP contribution in [0.2, 0.25) is 0 Å². The summed E-state index contributed by atoms with van der Waals surface area (Å²) in [5, 5.41) is 3.76. The zero-order chi connectivity index (χ0) is 20.4. The van der Waals surface area contributed by atoms with Crippen molar-refractivity contribution in [1.29, 1.82) is 0 Å². The van der Waals surface area contributed by atoms with Gasteiger partial charge in [0.1, 0.15) is 10.7 Å². The van der Waals surface area contributed by atoms with Crippen LogP contribution in [0.15, 0.2) is 23.1 Å². The van der Waals surface area contributed by atoms with Crippen molar-refractivity contribution in [2.24, 2.45) is 7.05 Å². The Balaban J connectivity index is 2.47. The molecule has 0 unspecified atom stereocenters. The number of ether oxygens (including phenoxy) is 2. The number of nitrogens with one attached hydrogen (secondary N) is 1. The Bertz CT molecular complexity index is 1060. The molecule has 0 aliphatic rings. The van der Waals surface area contributed by atoms with E-state index in [1.165, 1.54) is 11.6 Å². The lowest BCUT2D eigenvalue weighted by Crippen LogP contribution is -2.36. The molecule has 2 rings (SSSR count). The second-order valence-corrected chi connectivity index (χ2v) is 6.97. The van der Waals surface area contributed by atoms with Gasteiger partial charge in [-0.25, -0.2) is 27.1 Å². The van der Waals surface area contributed by atoms with E-state index < -0.39 is 38.3 Å². The third-order valence-corrected chi connectivity index (χ3v) is 5.11. The molecule has 0 spiro atoms. The zero-order valence-corrected chi connectivity index (χ0v) is 16.1. The molecule has 0 aliphatic carbocycles. The summed E-state index contributed by atoms with van der Waals surface area (Å²) in [6.07, 6.45) is 0. The lowest BCUT2D eigenvalue weighted by molar-refractivity contribution is 0.0595. The quantitative estimate of drug-likeness (QED) is 0.568. The Morgan fingerprint density at radius 1 is 1.37 bits per heavy atom. The molecule has 0 bridgehead atoms. The molecule has 0 fully saturated rings. The van der Waals surface area contributed by atoms with Crippen LogP contribution in [0.5, 0.6) is 6.01 Å². The van der Waals surface area contributed by atoms with Gasteiger partial charge in [-0.15, -0.1) is 9.78 Å². The lowest BCUT2D eigenvalue weighted by Gasteiger charge is -2.10. The molecule has 13 heteroatoms. The highest BCUT2D eigenvalue weighted by Gasteiger charge is 2.30. The number of aromatic nitrogens is 3. The highest BCUT2D eigenvalue weighted by molar-refractivity contribution is 7.90. The minimum absolute atomic E-state index is 0.0174. The van der Waals surface area contributed by atoms with Gasteiger partial charge in [0.15, 0.2) is 0 Å². The molecular weight excluding hydrogens is 403 g/mol. The van der Waals surface area contributed by atoms with Crippen LogP contribution < -0.4 is 9.46 Å². The van der Waals surface area contributed by atoms with E-state index in [1.807, 2.05) is 0 Å². The number of carbonyl (C=O) groups excluding carboxylic acids is 2. The number of benzene rings is 1. The van der Waals surface area contributed by atoms with Crippen molar-refractivity contribution in [3.8, 4) is 6.01 Å². The Hall–Kier alpha value is -2.80. The molecule has 0 radical (unpaired) electrons. The van der Waals surface area contributed by atoms with Crippen LogP contribution in [-0.2, 0) is 21.8 Å². The average Bonchev–Trinajstić information content (AvgIpc) is 2.89. The van der Waals surface area contributed by atoms with E-state index in [0.29, 0.717) is 4.68 Å². The van der Waals surface area contributed by atoms with Crippen molar-refractivity contribution in [2.45, 2.75) is 11.8 Å². The van der Waals surface area contributed by atoms with E-state index in [0.717, 1.165) is 25.3 Å². The summed E-state index contributed by atoms with van der Waals surface area (Å²) in [6, 6.07) is 1.71. The molecule has 146 valence electrons. The third kappa shape index (κ3) is 3.98. The number of hydrogen-bond donors (Lipinski definition) is 1. The summed E-state index contributed by atoms with van der Waals surface area (Å²) in [5.74, 6) is -2.33. The molecule has 0 saturated heterocycles. The molecule has 0 aliphatic heterocycles. The predicted molar refractivity (Wildman–Crippen MR) is 92.1 cm³/mol. The fourth-order valence-electron chi connectivity index (χ4n) is 2.07. The molecule has 27 heavy (non-hydrogen) atoms. The van der Waals surface area contributed by atoms with E-state index >= 15 is 0 Å². The van der Waals surface area contributed by atoms with Crippen LogP contribution in [0.1, 0.15) is 17.3 Å². The van der Waals surface area contributed by atoms with Gasteiger partial charge in [-0.1, -0.05) is 6.07 Å². The van der Waals surface area contributed by atoms with Crippen LogP contribution in [0.4, 0.5) is 9.18 Å². The molecule has 1 aromatic carbocycles. The van der Waals surface area contributed by atoms with Crippen molar-refractivity contribution in [1.82, 2.24) is 19.1 Å². The van der Waals surface area contributed by atoms with Crippen LogP contribution in [0.3, 0.4) is 0 Å². The third-order valence-electron chi connectivity index (χ3n) is 3.27. The maximum atomic E-state index is 14.1. The molecular formula is C14H15FN4O6S2. The normalized spacial score (nSPS) is 11.1. The summed E-state index contributed by atoms with van der Waals surface area (Å²) in [7, 11) is -2.32. The number of sulfonamides is 1. The summed E-state index contributed by atoms with van der Waals surface area (Å²) in [6.45, 7) is 1.91. The highest BCUT2D eigenvalue weighted by Crippen LogP contribution is 2.20. The number of rotatable bonds is 5. The molecule has 1 aromatic heterocycles. The number of carbonyl (C=O) groups is 2. The van der Waals surface area contributed by atoms with E-state index in [4.69, 9.17) is 17.0 Å². The number of halogens is 1. The fourth-order valence-corrected chi connectivity index (χ4v) is 3.45. The van der Waals surface area contributed by atoms with Crippen molar-refractivity contribution < 1.29 is 31.9 Å². The Morgan fingerprint density at radius 3 is 2.63 bits per heavy atom. The van der Waals surface area contributed by atoms with Crippen LogP contribution in [0, 0.1) is 10.6 Å². The molecule has 0 atom stereocenters. The van der Waals surface area contributed by atoms with Crippen molar-refractivity contribution in [2.75, 3.05) is 13.7 Å². The fraction of sp³-hybridized carbons (Fsp3) is 0.286. The second kappa shape index (κ2) is 7.84. The lowest BCUT2D eigenvalue weighted by atomic mass is 10.2. The maximum Gasteiger partial charge on any atom is 0.358 e. The predicted octanol–water partition coefficient (Wildman–Crippen LogP) is 1.22. The summed E-state index contributed by atoms with van der Waals surface area (Å²) in [5.41, 5.74) is -0.572.